The molecule has 0 aromatic rings. The topological polar surface area (TPSA) is 12.0 Å². The van der Waals surface area contributed by atoms with Crippen molar-refractivity contribution >= 4 is 0 Å². The van der Waals surface area contributed by atoms with Gasteiger partial charge in [0.1, 0.15) is 0 Å². The van der Waals surface area contributed by atoms with Crippen LogP contribution in [-0.4, -0.2) is 12.6 Å². The normalized spacial score (nSPS) is 29.4. The molecule has 1 nitrogen and oxygen atoms in total. The molecule has 0 saturated heterocycles. The molecule has 1 aliphatic rings. The molecule has 0 spiro atoms. The first-order chi connectivity index (χ1) is 9.40. The van der Waals surface area contributed by atoms with Crippen molar-refractivity contribution in [1.29, 1.82) is 0 Å². The van der Waals surface area contributed by atoms with Gasteiger partial charge < -0.3 is 5.32 Å². The van der Waals surface area contributed by atoms with Crippen LogP contribution in [0.25, 0.3) is 0 Å². The Morgan fingerprint density at radius 2 is 1.85 bits per heavy atom. The van der Waals surface area contributed by atoms with Gasteiger partial charge in [-0.15, -0.1) is 0 Å². The van der Waals surface area contributed by atoms with Crippen molar-refractivity contribution in [3.63, 3.8) is 0 Å². The Labute approximate surface area is 128 Å². The lowest BCUT2D eigenvalue weighted by Gasteiger charge is -2.46. The Bertz CT molecular complexity index is 258. The summed E-state index contributed by atoms with van der Waals surface area (Å²) < 4.78 is 0. The van der Waals surface area contributed by atoms with E-state index < -0.39 is 0 Å². The lowest BCUT2D eigenvalue weighted by atomic mass is 9.63. The summed E-state index contributed by atoms with van der Waals surface area (Å²) in [4.78, 5) is 0. The molecule has 0 radical (unpaired) electrons. The van der Waals surface area contributed by atoms with Gasteiger partial charge in [0.05, 0.1) is 0 Å². The largest absolute Gasteiger partial charge is 0.314 e. The van der Waals surface area contributed by atoms with Crippen LogP contribution in [-0.2, 0) is 0 Å². The molecule has 0 aliphatic heterocycles. The van der Waals surface area contributed by atoms with E-state index in [1.807, 2.05) is 0 Å². The number of rotatable bonds is 8. The van der Waals surface area contributed by atoms with Crippen molar-refractivity contribution in [1.82, 2.24) is 5.32 Å². The highest BCUT2D eigenvalue weighted by Crippen LogP contribution is 2.44. The van der Waals surface area contributed by atoms with E-state index in [-0.39, 0.29) is 0 Å². The molecule has 4 unspecified atom stereocenters. The van der Waals surface area contributed by atoms with E-state index in [1.165, 1.54) is 51.5 Å². The summed E-state index contributed by atoms with van der Waals surface area (Å²) in [5.41, 5.74) is 0.486. The van der Waals surface area contributed by atoms with Crippen molar-refractivity contribution in [2.24, 2.45) is 23.2 Å². The Balaban J connectivity index is 2.67. The number of hydrogen-bond acceptors (Lipinski definition) is 1. The Morgan fingerprint density at radius 3 is 2.45 bits per heavy atom. The summed E-state index contributed by atoms with van der Waals surface area (Å²) in [6.45, 7) is 15.7. The predicted octanol–water partition coefficient (Wildman–Crippen LogP) is 5.64. The third-order valence-corrected chi connectivity index (χ3v) is 5.43. The maximum absolute atomic E-state index is 3.86. The zero-order valence-electron chi connectivity index (χ0n) is 15.0. The fourth-order valence-electron chi connectivity index (χ4n) is 4.52. The standard InChI is InChI=1S/C19H39N/c1-7-9-16(4)14-19(5,6)17-11-10-15(3)13-18(17)20-12-8-2/h15-18,20H,7-14H2,1-6H3. The van der Waals surface area contributed by atoms with Crippen molar-refractivity contribution in [2.75, 3.05) is 6.54 Å². The lowest BCUT2D eigenvalue weighted by molar-refractivity contribution is 0.0727. The Kier molecular flexibility index (Phi) is 7.58. The van der Waals surface area contributed by atoms with Crippen LogP contribution in [0.15, 0.2) is 0 Å². The van der Waals surface area contributed by atoms with Crippen molar-refractivity contribution in [3.8, 4) is 0 Å². The van der Waals surface area contributed by atoms with Crippen molar-refractivity contribution < 1.29 is 0 Å². The van der Waals surface area contributed by atoms with Crippen LogP contribution >= 0.6 is 0 Å². The summed E-state index contributed by atoms with van der Waals surface area (Å²) in [5.74, 6) is 2.65. The highest BCUT2D eigenvalue weighted by Gasteiger charge is 2.39. The second-order valence-electron chi connectivity index (χ2n) is 8.17. The van der Waals surface area contributed by atoms with Gasteiger partial charge in [-0.25, -0.2) is 0 Å². The van der Waals surface area contributed by atoms with E-state index in [1.54, 1.807) is 0 Å². The molecule has 1 aliphatic carbocycles. The quantitative estimate of drug-likeness (QED) is 0.607. The Morgan fingerprint density at radius 1 is 1.15 bits per heavy atom. The SMILES string of the molecule is CCCNC1CC(C)CCC1C(C)(C)CC(C)CCC. The van der Waals surface area contributed by atoms with Crippen LogP contribution in [0.5, 0.6) is 0 Å². The number of nitrogens with one attached hydrogen (secondary N) is 1. The summed E-state index contributed by atoms with van der Waals surface area (Å²) >= 11 is 0. The first-order valence-electron chi connectivity index (χ1n) is 9.14. The maximum Gasteiger partial charge on any atom is 0.0103 e. The fraction of sp³-hybridized carbons (Fsp3) is 1.00. The summed E-state index contributed by atoms with van der Waals surface area (Å²) in [7, 11) is 0. The van der Waals surface area contributed by atoms with Gasteiger partial charge in [-0.3, -0.25) is 0 Å². The highest BCUT2D eigenvalue weighted by atomic mass is 14.9. The maximum atomic E-state index is 3.86. The second kappa shape index (κ2) is 8.41. The Hall–Kier alpha value is -0.0400. The van der Waals surface area contributed by atoms with Crippen LogP contribution in [0.4, 0.5) is 0 Å². The minimum Gasteiger partial charge on any atom is -0.314 e. The molecule has 0 heterocycles. The smallest absolute Gasteiger partial charge is 0.0103 e. The second-order valence-corrected chi connectivity index (χ2v) is 8.17. The van der Waals surface area contributed by atoms with Gasteiger partial charge in [0.25, 0.3) is 0 Å². The molecule has 1 fully saturated rings. The van der Waals surface area contributed by atoms with Crippen LogP contribution in [0.3, 0.4) is 0 Å². The molecular formula is C19H39N. The minimum absolute atomic E-state index is 0.486. The van der Waals surface area contributed by atoms with Crippen LogP contribution in [0.1, 0.15) is 86.5 Å². The molecule has 1 N–H and O–H groups in total. The van der Waals surface area contributed by atoms with E-state index >= 15 is 0 Å². The average molecular weight is 282 g/mol. The van der Waals surface area contributed by atoms with Gasteiger partial charge in [0.2, 0.25) is 0 Å². The number of hydrogen-bond donors (Lipinski definition) is 1. The third-order valence-electron chi connectivity index (χ3n) is 5.43. The molecule has 1 rings (SSSR count). The van der Waals surface area contributed by atoms with Crippen LogP contribution < -0.4 is 5.32 Å². The third kappa shape index (κ3) is 5.39. The minimum atomic E-state index is 0.486. The van der Waals surface area contributed by atoms with Crippen molar-refractivity contribution in [3.05, 3.63) is 0 Å². The zero-order valence-corrected chi connectivity index (χ0v) is 15.0. The fourth-order valence-corrected chi connectivity index (χ4v) is 4.52. The molecule has 4 atom stereocenters. The van der Waals surface area contributed by atoms with E-state index in [0.717, 1.165) is 23.8 Å². The molecule has 1 heteroatoms. The molecule has 0 aromatic heterocycles. The zero-order chi connectivity index (χ0) is 15.2. The molecule has 0 aromatic carbocycles. The molecular weight excluding hydrogens is 242 g/mol. The molecule has 0 amide bonds. The van der Waals surface area contributed by atoms with Gasteiger partial charge in [-0.2, -0.15) is 0 Å². The average Bonchev–Trinajstić information content (AvgIpc) is 2.35. The summed E-state index contributed by atoms with van der Waals surface area (Å²) in [6.07, 6.45) is 9.61. The van der Waals surface area contributed by atoms with Crippen LogP contribution in [0.2, 0.25) is 0 Å². The van der Waals surface area contributed by atoms with Gasteiger partial charge in [-0.05, 0) is 55.4 Å². The monoisotopic (exact) mass is 281 g/mol. The first kappa shape index (κ1) is 18.0. The van der Waals surface area contributed by atoms with E-state index in [4.69, 9.17) is 0 Å². The van der Waals surface area contributed by atoms with E-state index in [9.17, 15) is 0 Å². The summed E-state index contributed by atoms with van der Waals surface area (Å²) in [5, 5.41) is 3.86. The summed E-state index contributed by atoms with van der Waals surface area (Å²) in [6, 6.07) is 0.752. The van der Waals surface area contributed by atoms with Gasteiger partial charge in [0, 0.05) is 6.04 Å². The first-order valence-corrected chi connectivity index (χ1v) is 9.14. The van der Waals surface area contributed by atoms with Gasteiger partial charge in [-0.1, -0.05) is 60.8 Å². The van der Waals surface area contributed by atoms with Gasteiger partial charge in [0.15, 0.2) is 0 Å². The molecule has 0 bridgehead atoms. The van der Waals surface area contributed by atoms with E-state index in [0.29, 0.717) is 5.41 Å². The van der Waals surface area contributed by atoms with Crippen molar-refractivity contribution in [2.45, 2.75) is 92.5 Å². The molecule has 1 saturated carbocycles. The van der Waals surface area contributed by atoms with E-state index in [2.05, 4.69) is 46.9 Å². The predicted molar refractivity (Wildman–Crippen MR) is 91.1 cm³/mol. The lowest BCUT2D eigenvalue weighted by Crippen LogP contribution is -2.47. The molecule has 20 heavy (non-hydrogen) atoms. The highest BCUT2D eigenvalue weighted by molar-refractivity contribution is 4.92. The van der Waals surface area contributed by atoms with Gasteiger partial charge >= 0.3 is 0 Å². The molecule has 120 valence electrons. The van der Waals surface area contributed by atoms with Crippen LogP contribution in [0, 0.1) is 23.2 Å².